The Morgan fingerprint density at radius 1 is 1.00 bits per heavy atom. The molecular formula is C36H43N5O2. The van der Waals surface area contributed by atoms with Crippen molar-refractivity contribution in [2.24, 2.45) is 11.7 Å². The highest BCUT2D eigenvalue weighted by molar-refractivity contribution is 5.93. The number of carbonyl (C=O) groups is 2. The van der Waals surface area contributed by atoms with Gasteiger partial charge in [0, 0.05) is 31.6 Å². The van der Waals surface area contributed by atoms with Crippen LogP contribution in [0.5, 0.6) is 0 Å². The summed E-state index contributed by atoms with van der Waals surface area (Å²) in [6.07, 6.45) is 2.66. The predicted octanol–water partition coefficient (Wildman–Crippen LogP) is 4.44. The summed E-state index contributed by atoms with van der Waals surface area (Å²) in [5.74, 6) is -0.609. The van der Waals surface area contributed by atoms with Crippen LogP contribution in [0.3, 0.4) is 0 Å². The van der Waals surface area contributed by atoms with Gasteiger partial charge >= 0.3 is 0 Å². The number of rotatable bonds is 11. The van der Waals surface area contributed by atoms with Gasteiger partial charge < -0.3 is 20.9 Å². The summed E-state index contributed by atoms with van der Waals surface area (Å²) in [6, 6.07) is 30.6. The molecule has 7 heteroatoms. The number of benzene rings is 3. The third-order valence-corrected chi connectivity index (χ3v) is 9.81. The first-order valence-electron chi connectivity index (χ1n) is 15.5. The third kappa shape index (κ3) is 6.51. The first-order valence-corrected chi connectivity index (χ1v) is 15.5. The van der Waals surface area contributed by atoms with Crippen molar-refractivity contribution in [3.05, 3.63) is 107 Å². The summed E-state index contributed by atoms with van der Waals surface area (Å²) in [5.41, 5.74) is 8.81. The molecule has 2 aliphatic heterocycles. The summed E-state index contributed by atoms with van der Waals surface area (Å²) in [6.45, 7) is 5.26. The number of amides is 2. The van der Waals surface area contributed by atoms with Gasteiger partial charge in [-0.15, -0.1) is 0 Å². The molecule has 5 rings (SSSR count). The minimum atomic E-state index is -1.22. The van der Waals surface area contributed by atoms with E-state index < -0.39 is 17.4 Å². The number of nitrogens with one attached hydrogen (secondary N) is 1. The monoisotopic (exact) mass is 577 g/mol. The molecule has 0 bridgehead atoms. The molecule has 2 amide bonds. The smallest absolute Gasteiger partial charge is 0.238 e. The highest BCUT2D eigenvalue weighted by atomic mass is 16.2. The van der Waals surface area contributed by atoms with Gasteiger partial charge in [0.05, 0.1) is 17.6 Å². The fraction of sp³-hybridized carbons (Fsp3) is 0.417. The quantitative estimate of drug-likeness (QED) is 0.351. The van der Waals surface area contributed by atoms with E-state index in [-0.39, 0.29) is 17.9 Å². The average molecular weight is 578 g/mol. The Hall–Kier alpha value is -3.99. The Morgan fingerprint density at radius 3 is 2.28 bits per heavy atom. The van der Waals surface area contributed by atoms with Gasteiger partial charge in [-0.1, -0.05) is 79.7 Å². The molecule has 5 atom stereocenters. The predicted molar refractivity (Wildman–Crippen MR) is 169 cm³/mol. The first-order chi connectivity index (χ1) is 20.9. The van der Waals surface area contributed by atoms with Crippen molar-refractivity contribution in [2.75, 3.05) is 33.2 Å². The van der Waals surface area contributed by atoms with E-state index in [0.29, 0.717) is 30.9 Å². The molecule has 0 saturated carbocycles. The number of carbonyl (C=O) groups excluding carboxylic acids is 2. The molecule has 7 nitrogen and oxygen atoms in total. The average Bonchev–Trinajstić information content (AvgIpc) is 3.69. The molecule has 2 heterocycles. The van der Waals surface area contributed by atoms with Gasteiger partial charge in [0.15, 0.2) is 0 Å². The van der Waals surface area contributed by atoms with Gasteiger partial charge in [0.2, 0.25) is 11.8 Å². The summed E-state index contributed by atoms with van der Waals surface area (Å²) in [7, 11) is 1.71. The number of likely N-dealkylation sites (N-methyl/N-ethyl adjacent to an activating group) is 1. The Labute approximate surface area is 255 Å². The zero-order valence-corrected chi connectivity index (χ0v) is 25.3. The highest BCUT2D eigenvalue weighted by Crippen LogP contribution is 2.37. The van der Waals surface area contributed by atoms with Crippen molar-refractivity contribution in [1.82, 2.24) is 15.1 Å². The maximum absolute atomic E-state index is 14.8. The maximum atomic E-state index is 14.8. The number of nitrogens with zero attached hydrogens (tertiary/aromatic N) is 3. The molecule has 2 saturated heterocycles. The molecule has 3 aromatic carbocycles. The van der Waals surface area contributed by atoms with Gasteiger partial charge in [-0.3, -0.25) is 9.59 Å². The van der Waals surface area contributed by atoms with E-state index >= 15 is 0 Å². The molecule has 224 valence electrons. The van der Waals surface area contributed by atoms with Crippen LogP contribution in [-0.4, -0.2) is 66.4 Å². The lowest BCUT2D eigenvalue weighted by Crippen LogP contribution is -2.63. The number of primary amides is 1. The summed E-state index contributed by atoms with van der Waals surface area (Å²) < 4.78 is 0. The lowest BCUT2D eigenvalue weighted by atomic mass is 9.76. The van der Waals surface area contributed by atoms with Crippen LogP contribution >= 0.6 is 0 Å². The van der Waals surface area contributed by atoms with Crippen molar-refractivity contribution in [2.45, 2.75) is 56.0 Å². The Kier molecular flexibility index (Phi) is 9.59. The van der Waals surface area contributed by atoms with Crippen LogP contribution in [-0.2, 0) is 16.0 Å². The molecule has 0 aromatic heterocycles. The normalized spacial score (nSPS) is 22.5. The van der Waals surface area contributed by atoms with E-state index in [1.165, 1.54) is 11.1 Å². The van der Waals surface area contributed by atoms with Crippen molar-refractivity contribution >= 4 is 11.8 Å². The van der Waals surface area contributed by atoms with Crippen LogP contribution in [0.4, 0.5) is 0 Å². The van der Waals surface area contributed by atoms with Crippen molar-refractivity contribution in [3.8, 4) is 6.07 Å². The van der Waals surface area contributed by atoms with E-state index in [4.69, 9.17) is 5.73 Å². The van der Waals surface area contributed by atoms with Gasteiger partial charge in [-0.05, 0) is 74.0 Å². The molecule has 43 heavy (non-hydrogen) atoms. The highest BCUT2D eigenvalue weighted by Gasteiger charge is 2.49. The number of hydrogen-bond acceptors (Lipinski definition) is 5. The number of nitrogens with two attached hydrogens (primary N) is 1. The summed E-state index contributed by atoms with van der Waals surface area (Å²) >= 11 is 0. The Morgan fingerprint density at radius 2 is 1.67 bits per heavy atom. The van der Waals surface area contributed by atoms with Gasteiger partial charge in [0.25, 0.3) is 0 Å². The van der Waals surface area contributed by atoms with Crippen LogP contribution in [0.1, 0.15) is 60.3 Å². The van der Waals surface area contributed by atoms with Gasteiger partial charge in [-0.25, -0.2) is 0 Å². The Balaban J connectivity index is 1.45. The topological polar surface area (TPSA) is 102 Å². The molecule has 2 aliphatic rings. The lowest BCUT2D eigenvalue weighted by Gasteiger charge is -2.40. The Bertz CT molecular complexity index is 1430. The molecule has 0 aliphatic carbocycles. The number of nitriles is 1. The maximum Gasteiger partial charge on any atom is 0.238 e. The molecule has 1 unspecified atom stereocenters. The number of hydrogen-bond donors (Lipinski definition) is 2. The van der Waals surface area contributed by atoms with Gasteiger partial charge in [-0.2, -0.15) is 5.26 Å². The van der Waals surface area contributed by atoms with E-state index in [9.17, 15) is 14.9 Å². The second-order valence-electron chi connectivity index (χ2n) is 12.2. The third-order valence-electron chi connectivity index (χ3n) is 9.81. The SMILES string of the molecule is CCC(NC)(C(N)=O)[C@H](Cc1cccc(C#N)c1)C(=O)N1C[C@@H](c2ccccc2)C[C@H]1CN1CC[C@H](c2ccccc2)C1. The minimum Gasteiger partial charge on any atom is -0.368 e. The summed E-state index contributed by atoms with van der Waals surface area (Å²) in [4.78, 5) is 32.5. The first kappa shape index (κ1) is 30.5. The molecule has 2 fully saturated rings. The molecular weight excluding hydrogens is 534 g/mol. The summed E-state index contributed by atoms with van der Waals surface area (Å²) in [5, 5.41) is 12.7. The van der Waals surface area contributed by atoms with E-state index in [0.717, 1.165) is 38.0 Å². The van der Waals surface area contributed by atoms with E-state index in [2.05, 4.69) is 70.9 Å². The fourth-order valence-corrected chi connectivity index (χ4v) is 7.36. The van der Waals surface area contributed by atoms with Crippen LogP contribution in [0.15, 0.2) is 84.9 Å². The number of likely N-dealkylation sites (tertiary alicyclic amines) is 2. The molecule has 0 spiro atoms. The van der Waals surface area contributed by atoms with Crippen LogP contribution in [0.2, 0.25) is 0 Å². The van der Waals surface area contributed by atoms with Crippen LogP contribution < -0.4 is 11.1 Å². The lowest BCUT2D eigenvalue weighted by molar-refractivity contribution is -0.144. The second kappa shape index (κ2) is 13.5. The largest absolute Gasteiger partial charge is 0.368 e. The molecule has 0 radical (unpaired) electrons. The van der Waals surface area contributed by atoms with Gasteiger partial charge in [0.1, 0.15) is 5.54 Å². The van der Waals surface area contributed by atoms with Crippen molar-refractivity contribution in [1.29, 1.82) is 5.26 Å². The fourth-order valence-electron chi connectivity index (χ4n) is 7.36. The minimum absolute atomic E-state index is 0.0134. The molecule has 3 aromatic rings. The van der Waals surface area contributed by atoms with Crippen LogP contribution in [0.25, 0.3) is 0 Å². The van der Waals surface area contributed by atoms with E-state index in [1.54, 1.807) is 19.2 Å². The van der Waals surface area contributed by atoms with Crippen molar-refractivity contribution < 1.29 is 9.59 Å². The standard InChI is InChI=1S/C36H43N5O2/c1-3-36(39-2,35(38)43)33(20-26-11-10-12-27(19-26)22-37)34(42)41-24-31(29-15-8-5-9-16-29)21-32(41)25-40-18-17-30(23-40)28-13-6-4-7-14-28/h4-16,19,30-33,39H,3,17-18,20-21,23-25H2,1-2H3,(H2,38,43)/t30-,31-,32-,33+,36?/m0/s1. The molecule has 3 N–H and O–H groups in total. The second-order valence-corrected chi connectivity index (χ2v) is 12.2. The van der Waals surface area contributed by atoms with Crippen molar-refractivity contribution in [3.63, 3.8) is 0 Å². The zero-order chi connectivity index (χ0) is 30.4. The van der Waals surface area contributed by atoms with Crippen LogP contribution in [0, 0.1) is 17.2 Å². The van der Waals surface area contributed by atoms with E-state index in [1.807, 2.05) is 30.0 Å². The zero-order valence-electron chi connectivity index (χ0n) is 25.3.